The summed E-state index contributed by atoms with van der Waals surface area (Å²) in [6.45, 7) is 2.17. The summed E-state index contributed by atoms with van der Waals surface area (Å²) in [4.78, 5) is 2.20. The maximum atomic E-state index is 3.85. The van der Waals surface area contributed by atoms with Crippen molar-refractivity contribution in [2.24, 2.45) is 0 Å². The Labute approximate surface area is 79.3 Å². The number of anilines is 1. The number of H-pyrrole nitrogens is 1. The minimum absolute atomic E-state index is 1.00. The van der Waals surface area contributed by atoms with E-state index in [0.29, 0.717) is 0 Å². The Kier molecular flexibility index (Phi) is 4.32. The summed E-state index contributed by atoms with van der Waals surface area (Å²) in [6, 6.07) is 1.94. The second kappa shape index (κ2) is 5.59. The highest BCUT2D eigenvalue weighted by atomic mass is 15.2. The van der Waals surface area contributed by atoms with Gasteiger partial charge in [0, 0.05) is 6.54 Å². The van der Waals surface area contributed by atoms with Crippen molar-refractivity contribution in [3.05, 3.63) is 12.3 Å². The van der Waals surface area contributed by atoms with Gasteiger partial charge in [0.25, 0.3) is 0 Å². The van der Waals surface area contributed by atoms with E-state index in [9.17, 15) is 0 Å². The molecule has 1 aromatic heterocycles. The Morgan fingerprint density at radius 1 is 1.46 bits per heavy atom. The Morgan fingerprint density at radius 3 is 2.92 bits per heavy atom. The van der Waals surface area contributed by atoms with Gasteiger partial charge in [0.15, 0.2) is 0 Å². The zero-order chi connectivity index (χ0) is 9.52. The summed E-state index contributed by atoms with van der Waals surface area (Å²) in [5, 5.41) is 9.98. The van der Waals surface area contributed by atoms with Gasteiger partial charge in [-0.15, -0.1) is 0 Å². The molecule has 0 amide bonds. The fourth-order valence-electron chi connectivity index (χ4n) is 1.13. The Balaban J connectivity index is 1.96. The van der Waals surface area contributed by atoms with E-state index in [1.807, 2.05) is 6.07 Å². The molecular formula is C9H18N4. The van der Waals surface area contributed by atoms with E-state index >= 15 is 0 Å². The first-order chi connectivity index (χ1) is 6.29. The summed E-state index contributed by atoms with van der Waals surface area (Å²) < 4.78 is 0. The van der Waals surface area contributed by atoms with Gasteiger partial charge in [-0.05, 0) is 39.5 Å². The molecule has 1 aromatic rings. The van der Waals surface area contributed by atoms with Gasteiger partial charge in [-0.25, -0.2) is 0 Å². The molecule has 0 atom stereocenters. The molecule has 4 heteroatoms. The Bertz CT molecular complexity index is 205. The van der Waals surface area contributed by atoms with Crippen molar-refractivity contribution in [2.75, 3.05) is 32.5 Å². The first-order valence-corrected chi connectivity index (χ1v) is 4.67. The second-order valence-electron chi connectivity index (χ2n) is 3.41. The molecule has 0 unspecified atom stereocenters. The number of aromatic amines is 1. The molecule has 0 spiro atoms. The normalized spacial score (nSPS) is 10.7. The van der Waals surface area contributed by atoms with Crippen LogP contribution >= 0.6 is 0 Å². The van der Waals surface area contributed by atoms with E-state index in [-0.39, 0.29) is 0 Å². The highest BCUT2D eigenvalue weighted by Crippen LogP contribution is 1.99. The lowest BCUT2D eigenvalue weighted by atomic mass is 10.3. The zero-order valence-corrected chi connectivity index (χ0v) is 8.38. The first-order valence-electron chi connectivity index (χ1n) is 4.67. The minimum atomic E-state index is 1.00. The van der Waals surface area contributed by atoms with Crippen LogP contribution in [0.4, 0.5) is 5.82 Å². The summed E-state index contributed by atoms with van der Waals surface area (Å²) >= 11 is 0. The van der Waals surface area contributed by atoms with Crippen LogP contribution in [0.25, 0.3) is 0 Å². The van der Waals surface area contributed by atoms with Gasteiger partial charge in [0.05, 0.1) is 6.20 Å². The maximum Gasteiger partial charge on any atom is 0.121 e. The second-order valence-corrected chi connectivity index (χ2v) is 3.41. The van der Waals surface area contributed by atoms with Crippen LogP contribution < -0.4 is 5.32 Å². The van der Waals surface area contributed by atoms with Crippen molar-refractivity contribution >= 4 is 5.82 Å². The predicted molar refractivity (Wildman–Crippen MR) is 54.9 cm³/mol. The van der Waals surface area contributed by atoms with Crippen LogP contribution in [0, 0.1) is 0 Å². The Morgan fingerprint density at radius 2 is 2.31 bits per heavy atom. The average Bonchev–Trinajstić information content (AvgIpc) is 2.55. The summed E-state index contributed by atoms with van der Waals surface area (Å²) in [7, 11) is 4.20. The highest BCUT2D eigenvalue weighted by Gasteiger charge is 1.92. The van der Waals surface area contributed by atoms with Crippen LogP contribution in [-0.4, -0.2) is 42.3 Å². The maximum absolute atomic E-state index is 3.85. The first kappa shape index (κ1) is 10.1. The molecule has 0 bridgehead atoms. The van der Waals surface area contributed by atoms with Crippen LogP contribution in [-0.2, 0) is 0 Å². The number of nitrogens with zero attached hydrogens (tertiary/aromatic N) is 2. The molecule has 0 aliphatic rings. The molecule has 2 N–H and O–H groups in total. The van der Waals surface area contributed by atoms with Crippen molar-refractivity contribution in [3.8, 4) is 0 Å². The molecule has 0 aromatic carbocycles. The van der Waals surface area contributed by atoms with Crippen molar-refractivity contribution in [2.45, 2.75) is 12.8 Å². The van der Waals surface area contributed by atoms with Crippen LogP contribution in [0.15, 0.2) is 12.3 Å². The van der Waals surface area contributed by atoms with Crippen molar-refractivity contribution in [3.63, 3.8) is 0 Å². The van der Waals surface area contributed by atoms with Crippen molar-refractivity contribution in [1.29, 1.82) is 0 Å². The summed E-state index contributed by atoms with van der Waals surface area (Å²) in [5.41, 5.74) is 0. The molecule has 0 saturated heterocycles. The third kappa shape index (κ3) is 4.52. The molecule has 0 saturated carbocycles. The lowest BCUT2D eigenvalue weighted by molar-refractivity contribution is 0.396. The van der Waals surface area contributed by atoms with Gasteiger partial charge in [0.1, 0.15) is 5.82 Å². The van der Waals surface area contributed by atoms with Gasteiger partial charge in [-0.3, -0.25) is 5.10 Å². The summed E-state index contributed by atoms with van der Waals surface area (Å²) in [5.74, 6) is 1.00. The molecule has 0 radical (unpaired) electrons. The van der Waals surface area contributed by atoms with Gasteiger partial charge in [-0.1, -0.05) is 0 Å². The van der Waals surface area contributed by atoms with E-state index < -0.39 is 0 Å². The van der Waals surface area contributed by atoms with Crippen LogP contribution in [0.3, 0.4) is 0 Å². The molecule has 1 rings (SSSR count). The van der Waals surface area contributed by atoms with Crippen LogP contribution in [0.1, 0.15) is 12.8 Å². The molecule has 13 heavy (non-hydrogen) atoms. The third-order valence-electron chi connectivity index (χ3n) is 1.85. The van der Waals surface area contributed by atoms with Gasteiger partial charge >= 0.3 is 0 Å². The number of rotatable bonds is 6. The van der Waals surface area contributed by atoms with E-state index in [1.54, 1.807) is 6.20 Å². The minimum Gasteiger partial charge on any atom is -0.370 e. The topological polar surface area (TPSA) is 44.0 Å². The third-order valence-corrected chi connectivity index (χ3v) is 1.85. The Hall–Kier alpha value is -1.03. The SMILES string of the molecule is CN(C)CCCCNc1ccn[nH]1. The zero-order valence-electron chi connectivity index (χ0n) is 8.38. The fourth-order valence-corrected chi connectivity index (χ4v) is 1.13. The van der Waals surface area contributed by atoms with Gasteiger partial charge in [0.2, 0.25) is 0 Å². The van der Waals surface area contributed by atoms with Gasteiger partial charge in [-0.2, -0.15) is 5.10 Å². The van der Waals surface area contributed by atoms with Crippen LogP contribution in [0.2, 0.25) is 0 Å². The molecule has 1 heterocycles. The number of hydrogen-bond donors (Lipinski definition) is 2. The van der Waals surface area contributed by atoms with E-state index in [4.69, 9.17) is 0 Å². The average molecular weight is 182 g/mol. The van der Waals surface area contributed by atoms with Gasteiger partial charge < -0.3 is 10.2 Å². The number of nitrogens with one attached hydrogen (secondary N) is 2. The van der Waals surface area contributed by atoms with Crippen molar-refractivity contribution < 1.29 is 0 Å². The predicted octanol–water partition coefficient (Wildman–Crippen LogP) is 1.16. The van der Waals surface area contributed by atoms with Crippen molar-refractivity contribution in [1.82, 2.24) is 15.1 Å². The van der Waals surface area contributed by atoms with E-state index in [2.05, 4.69) is 34.5 Å². The monoisotopic (exact) mass is 182 g/mol. The lowest BCUT2D eigenvalue weighted by Crippen LogP contribution is -2.14. The number of aromatic nitrogens is 2. The molecule has 0 aliphatic heterocycles. The van der Waals surface area contributed by atoms with E-state index in [1.165, 1.54) is 12.8 Å². The summed E-state index contributed by atoms with van der Waals surface area (Å²) in [6.07, 6.45) is 4.17. The molecule has 0 fully saturated rings. The molecule has 4 nitrogen and oxygen atoms in total. The smallest absolute Gasteiger partial charge is 0.121 e. The highest BCUT2D eigenvalue weighted by molar-refractivity contribution is 5.31. The molecular weight excluding hydrogens is 164 g/mol. The molecule has 74 valence electrons. The number of hydrogen-bond acceptors (Lipinski definition) is 3. The largest absolute Gasteiger partial charge is 0.370 e. The quantitative estimate of drug-likeness (QED) is 0.649. The van der Waals surface area contributed by atoms with E-state index in [0.717, 1.165) is 18.9 Å². The fraction of sp³-hybridized carbons (Fsp3) is 0.667. The van der Waals surface area contributed by atoms with Crippen LogP contribution in [0.5, 0.6) is 0 Å². The molecule has 0 aliphatic carbocycles. The lowest BCUT2D eigenvalue weighted by Gasteiger charge is -2.08. The number of unbranched alkanes of at least 4 members (excludes halogenated alkanes) is 1. The standard InChI is InChI=1S/C9H18N4/c1-13(2)8-4-3-6-10-9-5-7-11-12-9/h5,7H,3-4,6,8H2,1-2H3,(H2,10,11,12).